The molecule has 0 saturated carbocycles. The second-order valence-electron chi connectivity index (χ2n) is 8.97. The summed E-state index contributed by atoms with van der Waals surface area (Å²) in [6, 6.07) is 4.82. The Hall–Kier alpha value is -1.66. The molecule has 4 heterocycles. The molecule has 2 aliphatic heterocycles. The predicted molar refractivity (Wildman–Crippen MR) is 129 cm³/mol. The molecule has 0 saturated heterocycles. The maximum atomic E-state index is 13.1. The van der Waals surface area contributed by atoms with Gasteiger partial charge in [-0.3, -0.25) is 9.59 Å². The maximum absolute atomic E-state index is 13.1. The molecule has 2 amide bonds. The first-order valence-corrected chi connectivity index (χ1v) is 13.5. The summed E-state index contributed by atoms with van der Waals surface area (Å²) in [5.74, 6) is 0.714. The van der Waals surface area contributed by atoms with E-state index in [-0.39, 0.29) is 29.8 Å². The quantitative estimate of drug-likeness (QED) is 0.511. The van der Waals surface area contributed by atoms with Gasteiger partial charge in [0, 0.05) is 35.7 Å². The molecule has 168 valence electrons. The van der Waals surface area contributed by atoms with Gasteiger partial charge >= 0.3 is 0 Å². The third-order valence-corrected chi connectivity index (χ3v) is 8.97. The zero-order valence-corrected chi connectivity index (χ0v) is 20.6. The van der Waals surface area contributed by atoms with Crippen LogP contribution in [0.25, 0.3) is 0 Å². The summed E-state index contributed by atoms with van der Waals surface area (Å²) < 4.78 is 0. The molecule has 2 aromatic heterocycles. The van der Waals surface area contributed by atoms with Crippen molar-refractivity contribution in [2.24, 2.45) is 5.92 Å². The minimum atomic E-state index is 0.217. The summed E-state index contributed by atoms with van der Waals surface area (Å²) in [5, 5.41) is 4.30. The monoisotopic (exact) mass is 458 g/mol. The van der Waals surface area contributed by atoms with Gasteiger partial charge in [0.15, 0.2) is 0 Å². The van der Waals surface area contributed by atoms with E-state index in [0.29, 0.717) is 12.8 Å². The molecule has 0 radical (unpaired) electrons. The second kappa shape index (κ2) is 9.86. The molecule has 0 spiro atoms. The van der Waals surface area contributed by atoms with E-state index in [0.717, 1.165) is 45.2 Å². The average molecular weight is 459 g/mol. The number of fused-ring (bicyclic) bond motifs is 2. The third kappa shape index (κ3) is 4.61. The number of nitrogens with zero attached hydrogens (tertiary/aromatic N) is 2. The zero-order valence-electron chi connectivity index (χ0n) is 18.9. The van der Waals surface area contributed by atoms with Crippen LogP contribution in [0, 0.1) is 5.92 Å². The standard InChI is InChI=1S/C25H34N2O2S2/c1-4-20-18-10-14-30-22(18)8-12-26(20)24(28)7-6-17(3)16-25(29)27-13-9-23-19(11-15-31-23)21(27)5-2/h10-11,14-15,17,20-21H,4-9,12-13,16H2,1-3H3. The Labute approximate surface area is 194 Å². The van der Waals surface area contributed by atoms with Crippen LogP contribution >= 0.6 is 22.7 Å². The number of carbonyl (C=O) groups is 2. The van der Waals surface area contributed by atoms with Gasteiger partial charge in [-0.2, -0.15) is 0 Å². The van der Waals surface area contributed by atoms with Gasteiger partial charge in [0.1, 0.15) is 0 Å². The van der Waals surface area contributed by atoms with Crippen molar-refractivity contribution in [1.29, 1.82) is 0 Å². The summed E-state index contributed by atoms with van der Waals surface area (Å²) in [6.45, 7) is 8.11. The SMILES string of the molecule is CCC1c2ccsc2CCN1C(=O)CCC(C)CC(=O)N1CCc2sccc2C1CC. The lowest BCUT2D eigenvalue weighted by Crippen LogP contribution is -2.40. The highest BCUT2D eigenvalue weighted by molar-refractivity contribution is 7.10. The molecule has 2 aliphatic rings. The normalized spacial score (nSPS) is 21.5. The highest BCUT2D eigenvalue weighted by Gasteiger charge is 2.32. The maximum Gasteiger partial charge on any atom is 0.223 e. The Morgan fingerprint density at radius 3 is 1.97 bits per heavy atom. The molecular formula is C25H34N2O2S2. The van der Waals surface area contributed by atoms with Crippen molar-refractivity contribution >= 4 is 34.5 Å². The Bertz CT molecular complexity index is 918. The van der Waals surface area contributed by atoms with Crippen molar-refractivity contribution in [3.8, 4) is 0 Å². The summed E-state index contributed by atoms with van der Waals surface area (Å²) in [5.41, 5.74) is 2.69. The Balaban J connectivity index is 1.31. The van der Waals surface area contributed by atoms with Gasteiger partial charge < -0.3 is 9.80 Å². The van der Waals surface area contributed by atoms with Crippen LogP contribution in [-0.4, -0.2) is 34.7 Å². The topological polar surface area (TPSA) is 40.6 Å². The summed E-state index contributed by atoms with van der Waals surface area (Å²) in [7, 11) is 0. The van der Waals surface area contributed by atoms with Gasteiger partial charge in [0.2, 0.25) is 11.8 Å². The fourth-order valence-electron chi connectivity index (χ4n) is 5.30. The minimum absolute atomic E-state index is 0.217. The molecule has 4 nitrogen and oxygen atoms in total. The molecule has 3 unspecified atom stereocenters. The number of amides is 2. The van der Waals surface area contributed by atoms with Crippen molar-refractivity contribution in [1.82, 2.24) is 9.80 Å². The Morgan fingerprint density at radius 1 is 0.935 bits per heavy atom. The van der Waals surface area contributed by atoms with E-state index in [4.69, 9.17) is 0 Å². The molecule has 6 heteroatoms. The number of rotatable bonds is 7. The number of hydrogen-bond acceptors (Lipinski definition) is 4. The van der Waals surface area contributed by atoms with Crippen LogP contribution < -0.4 is 0 Å². The summed E-state index contributed by atoms with van der Waals surface area (Å²) >= 11 is 3.63. The number of thiophene rings is 2. The largest absolute Gasteiger partial charge is 0.335 e. The van der Waals surface area contributed by atoms with Gasteiger partial charge in [-0.05, 0) is 72.0 Å². The Kier molecular flexibility index (Phi) is 7.17. The lowest BCUT2D eigenvalue weighted by molar-refractivity contribution is -0.137. The third-order valence-electron chi connectivity index (χ3n) is 6.98. The molecule has 0 fully saturated rings. The van der Waals surface area contributed by atoms with E-state index < -0.39 is 0 Å². The summed E-state index contributed by atoms with van der Waals surface area (Å²) in [4.78, 5) is 33.2. The average Bonchev–Trinajstić information content (AvgIpc) is 3.45. The minimum Gasteiger partial charge on any atom is -0.335 e. The lowest BCUT2D eigenvalue weighted by Gasteiger charge is -2.36. The molecular weight excluding hydrogens is 424 g/mol. The molecule has 3 atom stereocenters. The van der Waals surface area contributed by atoms with Crippen molar-refractivity contribution in [2.45, 2.75) is 77.8 Å². The zero-order chi connectivity index (χ0) is 22.0. The van der Waals surface area contributed by atoms with Crippen molar-refractivity contribution in [2.75, 3.05) is 13.1 Å². The molecule has 0 aromatic carbocycles. The first-order chi connectivity index (χ1) is 15.0. The van der Waals surface area contributed by atoms with Gasteiger partial charge in [-0.15, -0.1) is 22.7 Å². The fraction of sp³-hybridized carbons (Fsp3) is 0.600. The van der Waals surface area contributed by atoms with E-state index in [1.807, 2.05) is 22.7 Å². The van der Waals surface area contributed by atoms with Gasteiger partial charge in [0.25, 0.3) is 0 Å². The summed E-state index contributed by atoms with van der Waals surface area (Å²) in [6.07, 6.45) is 5.72. The van der Waals surface area contributed by atoms with E-state index in [2.05, 4.69) is 53.5 Å². The first kappa shape index (κ1) is 22.5. The lowest BCUT2D eigenvalue weighted by atomic mass is 9.94. The molecule has 0 aliphatic carbocycles. The molecule has 2 aromatic rings. The highest BCUT2D eigenvalue weighted by Crippen LogP contribution is 2.37. The Morgan fingerprint density at radius 2 is 1.45 bits per heavy atom. The van der Waals surface area contributed by atoms with Crippen LogP contribution in [0.3, 0.4) is 0 Å². The van der Waals surface area contributed by atoms with Gasteiger partial charge in [-0.25, -0.2) is 0 Å². The number of carbonyl (C=O) groups excluding carboxylic acids is 2. The van der Waals surface area contributed by atoms with Crippen molar-refractivity contribution in [3.05, 3.63) is 43.8 Å². The van der Waals surface area contributed by atoms with Gasteiger partial charge in [-0.1, -0.05) is 20.8 Å². The highest BCUT2D eigenvalue weighted by atomic mass is 32.1. The van der Waals surface area contributed by atoms with Gasteiger partial charge in [0.05, 0.1) is 12.1 Å². The predicted octanol–water partition coefficient (Wildman–Crippen LogP) is 5.99. The molecule has 0 bridgehead atoms. The van der Waals surface area contributed by atoms with Crippen LogP contribution in [0.2, 0.25) is 0 Å². The van der Waals surface area contributed by atoms with E-state index >= 15 is 0 Å². The van der Waals surface area contributed by atoms with Crippen LogP contribution in [0.5, 0.6) is 0 Å². The van der Waals surface area contributed by atoms with E-state index in [1.54, 1.807) is 0 Å². The van der Waals surface area contributed by atoms with E-state index in [9.17, 15) is 9.59 Å². The smallest absolute Gasteiger partial charge is 0.223 e. The molecule has 0 N–H and O–H groups in total. The first-order valence-electron chi connectivity index (χ1n) is 11.7. The number of hydrogen-bond donors (Lipinski definition) is 0. The van der Waals surface area contributed by atoms with Crippen LogP contribution in [0.15, 0.2) is 22.9 Å². The fourth-order valence-corrected chi connectivity index (χ4v) is 7.16. The van der Waals surface area contributed by atoms with Crippen molar-refractivity contribution < 1.29 is 9.59 Å². The van der Waals surface area contributed by atoms with Crippen molar-refractivity contribution in [3.63, 3.8) is 0 Å². The van der Waals surface area contributed by atoms with Crippen LogP contribution in [0.1, 0.15) is 85.8 Å². The molecule has 4 rings (SSSR count). The van der Waals surface area contributed by atoms with E-state index in [1.165, 1.54) is 20.9 Å². The molecule has 31 heavy (non-hydrogen) atoms. The van der Waals surface area contributed by atoms with Crippen LogP contribution in [-0.2, 0) is 22.4 Å². The second-order valence-corrected chi connectivity index (χ2v) is 11.0. The van der Waals surface area contributed by atoms with Crippen LogP contribution in [0.4, 0.5) is 0 Å².